The molecule has 1 heterocycles. The summed E-state index contributed by atoms with van der Waals surface area (Å²) in [6, 6.07) is 12.3. The highest BCUT2D eigenvalue weighted by atomic mass is 15.1. The SMILES string of the molecule is CCCCCNc1nc(NCCCC)cc(-c2ccccc2)n1. The number of unbranched alkanes of at least 4 members (excludes halogenated alkanes) is 3. The fourth-order valence-corrected chi connectivity index (χ4v) is 2.34. The van der Waals surface area contributed by atoms with Crippen LogP contribution in [0.5, 0.6) is 0 Å². The highest BCUT2D eigenvalue weighted by Gasteiger charge is 2.06. The van der Waals surface area contributed by atoms with Gasteiger partial charge in [0, 0.05) is 24.7 Å². The fourth-order valence-electron chi connectivity index (χ4n) is 2.34. The molecule has 0 aliphatic rings. The van der Waals surface area contributed by atoms with Crippen LogP contribution < -0.4 is 10.6 Å². The number of rotatable bonds is 10. The first-order valence-electron chi connectivity index (χ1n) is 8.75. The van der Waals surface area contributed by atoms with Crippen LogP contribution in [0.1, 0.15) is 46.0 Å². The van der Waals surface area contributed by atoms with E-state index in [0.717, 1.165) is 43.0 Å². The second kappa shape index (κ2) is 9.82. The molecule has 2 rings (SSSR count). The minimum Gasteiger partial charge on any atom is -0.370 e. The number of aromatic nitrogens is 2. The minimum atomic E-state index is 0.710. The Morgan fingerprint density at radius 1 is 0.826 bits per heavy atom. The summed E-state index contributed by atoms with van der Waals surface area (Å²) >= 11 is 0. The first-order valence-corrected chi connectivity index (χ1v) is 8.75. The van der Waals surface area contributed by atoms with Crippen molar-refractivity contribution in [1.29, 1.82) is 0 Å². The van der Waals surface area contributed by atoms with Crippen LogP contribution in [0.2, 0.25) is 0 Å². The lowest BCUT2D eigenvalue weighted by atomic mass is 10.1. The normalized spacial score (nSPS) is 10.5. The lowest BCUT2D eigenvalue weighted by Crippen LogP contribution is -2.09. The van der Waals surface area contributed by atoms with Crippen molar-refractivity contribution in [2.24, 2.45) is 0 Å². The van der Waals surface area contributed by atoms with E-state index >= 15 is 0 Å². The molecule has 0 saturated heterocycles. The van der Waals surface area contributed by atoms with Crippen molar-refractivity contribution in [2.75, 3.05) is 23.7 Å². The molecule has 0 saturated carbocycles. The Kier molecular flexibility index (Phi) is 7.37. The Hall–Kier alpha value is -2.10. The van der Waals surface area contributed by atoms with Gasteiger partial charge >= 0.3 is 0 Å². The largest absolute Gasteiger partial charge is 0.370 e. The van der Waals surface area contributed by atoms with Gasteiger partial charge in [0.05, 0.1) is 5.69 Å². The van der Waals surface area contributed by atoms with E-state index in [1.165, 1.54) is 19.3 Å². The van der Waals surface area contributed by atoms with Crippen LogP contribution in [-0.2, 0) is 0 Å². The van der Waals surface area contributed by atoms with Crippen LogP contribution in [0, 0.1) is 0 Å². The maximum absolute atomic E-state index is 4.67. The fraction of sp³-hybridized carbons (Fsp3) is 0.474. The third kappa shape index (κ3) is 5.89. The standard InChI is InChI=1S/C19H28N4/c1-3-5-10-14-21-19-22-17(16-11-8-7-9-12-16)15-18(23-19)20-13-6-4-2/h7-9,11-12,15H,3-6,10,13-14H2,1-2H3,(H2,20,21,22,23). The molecule has 0 radical (unpaired) electrons. The molecular formula is C19H28N4. The topological polar surface area (TPSA) is 49.8 Å². The lowest BCUT2D eigenvalue weighted by molar-refractivity contribution is 0.740. The maximum Gasteiger partial charge on any atom is 0.225 e. The Bertz CT molecular complexity index is 569. The molecule has 0 aliphatic carbocycles. The number of nitrogens with one attached hydrogen (secondary N) is 2. The highest BCUT2D eigenvalue weighted by Crippen LogP contribution is 2.21. The monoisotopic (exact) mass is 312 g/mol. The zero-order chi connectivity index (χ0) is 16.3. The first-order chi connectivity index (χ1) is 11.3. The van der Waals surface area contributed by atoms with E-state index in [-0.39, 0.29) is 0 Å². The van der Waals surface area contributed by atoms with Gasteiger partial charge in [0.1, 0.15) is 5.82 Å². The average Bonchev–Trinajstić information content (AvgIpc) is 2.60. The summed E-state index contributed by atoms with van der Waals surface area (Å²) in [5.74, 6) is 1.60. The average molecular weight is 312 g/mol. The van der Waals surface area contributed by atoms with Gasteiger partial charge in [-0.15, -0.1) is 0 Å². The number of hydrogen-bond acceptors (Lipinski definition) is 4. The van der Waals surface area contributed by atoms with E-state index in [2.05, 4.69) is 46.6 Å². The van der Waals surface area contributed by atoms with Gasteiger partial charge in [0.15, 0.2) is 0 Å². The third-order valence-electron chi connectivity index (χ3n) is 3.70. The molecule has 2 N–H and O–H groups in total. The molecule has 0 fully saturated rings. The highest BCUT2D eigenvalue weighted by molar-refractivity contribution is 5.64. The van der Waals surface area contributed by atoms with Crippen molar-refractivity contribution in [3.63, 3.8) is 0 Å². The predicted octanol–water partition coefficient (Wildman–Crippen LogP) is 4.96. The summed E-state index contributed by atoms with van der Waals surface area (Å²) < 4.78 is 0. The van der Waals surface area contributed by atoms with Gasteiger partial charge < -0.3 is 10.6 Å². The van der Waals surface area contributed by atoms with Crippen LogP contribution in [0.25, 0.3) is 11.3 Å². The second-order valence-electron chi connectivity index (χ2n) is 5.74. The van der Waals surface area contributed by atoms with Gasteiger partial charge in [0.2, 0.25) is 5.95 Å². The number of benzene rings is 1. The molecule has 124 valence electrons. The van der Waals surface area contributed by atoms with Crippen LogP contribution in [0.4, 0.5) is 11.8 Å². The van der Waals surface area contributed by atoms with E-state index in [0.29, 0.717) is 5.95 Å². The summed E-state index contributed by atoms with van der Waals surface area (Å²) in [6.07, 6.45) is 5.91. The van der Waals surface area contributed by atoms with E-state index in [4.69, 9.17) is 0 Å². The lowest BCUT2D eigenvalue weighted by Gasteiger charge is -2.11. The number of hydrogen-bond donors (Lipinski definition) is 2. The van der Waals surface area contributed by atoms with Crippen LogP contribution in [0.3, 0.4) is 0 Å². The molecule has 0 atom stereocenters. The number of nitrogens with zero attached hydrogens (tertiary/aromatic N) is 2. The van der Waals surface area contributed by atoms with Gasteiger partial charge in [-0.2, -0.15) is 4.98 Å². The summed E-state index contributed by atoms with van der Waals surface area (Å²) in [5.41, 5.74) is 2.07. The van der Waals surface area contributed by atoms with Crippen molar-refractivity contribution in [3.05, 3.63) is 36.4 Å². The summed E-state index contributed by atoms with van der Waals surface area (Å²) in [6.45, 7) is 6.26. The van der Waals surface area contributed by atoms with Crippen LogP contribution in [0.15, 0.2) is 36.4 Å². The van der Waals surface area contributed by atoms with Crippen LogP contribution >= 0.6 is 0 Å². The maximum atomic E-state index is 4.67. The van der Waals surface area contributed by atoms with E-state index in [1.807, 2.05) is 24.3 Å². The Labute approximate surface area is 139 Å². The molecule has 4 nitrogen and oxygen atoms in total. The predicted molar refractivity (Wildman–Crippen MR) is 98.9 cm³/mol. The molecule has 0 bridgehead atoms. The molecule has 0 spiro atoms. The minimum absolute atomic E-state index is 0.710. The van der Waals surface area contributed by atoms with E-state index < -0.39 is 0 Å². The molecule has 0 aliphatic heterocycles. The molecule has 2 aromatic rings. The van der Waals surface area contributed by atoms with Gasteiger partial charge in [-0.1, -0.05) is 63.4 Å². The van der Waals surface area contributed by atoms with E-state index in [1.54, 1.807) is 0 Å². The first kappa shape index (κ1) is 17.3. The molecule has 4 heteroatoms. The number of anilines is 2. The van der Waals surface area contributed by atoms with Gasteiger partial charge in [-0.3, -0.25) is 0 Å². The molecule has 0 unspecified atom stereocenters. The summed E-state index contributed by atoms with van der Waals surface area (Å²) in [5, 5.41) is 6.76. The Morgan fingerprint density at radius 3 is 2.30 bits per heavy atom. The van der Waals surface area contributed by atoms with Gasteiger partial charge in [-0.25, -0.2) is 4.98 Å². The smallest absolute Gasteiger partial charge is 0.225 e. The molecule has 0 amide bonds. The zero-order valence-electron chi connectivity index (χ0n) is 14.3. The Morgan fingerprint density at radius 2 is 1.57 bits per heavy atom. The quantitative estimate of drug-likeness (QED) is 0.609. The third-order valence-corrected chi connectivity index (χ3v) is 3.70. The molecule has 1 aromatic heterocycles. The van der Waals surface area contributed by atoms with Crippen LogP contribution in [-0.4, -0.2) is 23.1 Å². The molecular weight excluding hydrogens is 284 g/mol. The van der Waals surface area contributed by atoms with Crippen molar-refractivity contribution in [2.45, 2.75) is 46.0 Å². The zero-order valence-corrected chi connectivity index (χ0v) is 14.3. The van der Waals surface area contributed by atoms with Gasteiger partial charge in [-0.05, 0) is 12.8 Å². The van der Waals surface area contributed by atoms with Crippen molar-refractivity contribution in [1.82, 2.24) is 9.97 Å². The molecule has 23 heavy (non-hydrogen) atoms. The van der Waals surface area contributed by atoms with Crippen molar-refractivity contribution in [3.8, 4) is 11.3 Å². The van der Waals surface area contributed by atoms with Crippen molar-refractivity contribution < 1.29 is 0 Å². The second-order valence-corrected chi connectivity index (χ2v) is 5.74. The summed E-state index contributed by atoms with van der Waals surface area (Å²) in [7, 11) is 0. The van der Waals surface area contributed by atoms with Crippen molar-refractivity contribution >= 4 is 11.8 Å². The Balaban J connectivity index is 2.14. The van der Waals surface area contributed by atoms with E-state index in [9.17, 15) is 0 Å². The summed E-state index contributed by atoms with van der Waals surface area (Å²) in [4.78, 5) is 9.26. The molecule has 1 aromatic carbocycles. The van der Waals surface area contributed by atoms with Gasteiger partial charge in [0.25, 0.3) is 0 Å².